The van der Waals surface area contributed by atoms with Crippen LogP contribution in [0.2, 0.25) is 0 Å². The Balaban J connectivity index is 1.70. The maximum absolute atomic E-state index is 5.47. The largest absolute Gasteiger partial charge is 0.497 e. The van der Waals surface area contributed by atoms with Gasteiger partial charge in [-0.05, 0) is 41.8 Å². The van der Waals surface area contributed by atoms with E-state index in [0.29, 0.717) is 11.5 Å². The summed E-state index contributed by atoms with van der Waals surface area (Å²) < 4.78 is 18.0. The molecule has 0 amide bonds. The van der Waals surface area contributed by atoms with Gasteiger partial charge in [-0.25, -0.2) is 4.68 Å². The van der Waals surface area contributed by atoms with Crippen LogP contribution in [-0.2, 0) is 0 Å². The molecule has 1 N–H and O–H groups in total. The Kier molecular flexibility index (Phi) is 4.58. The number of nitrogens with zero attached hydrogens (tertiary/aromatic N) is 3. The lowest BCUT2D eigenvalue weighted by Crippen LogP contribution is -2.28. The maximum Gasteiger partial charge on any atom is 0.222 e. The average molecular weight is 366 g/mol. The van der Waals surface area contributed by atoms with E-state index in [2.05, 4.69) is 27.5 Å². The molecule has 4 rings (SSSR count). The second-order valence-electron chi connectivity index (χ2n) is 6.36. The maximum atomic E-state index is 5.47. The smallest absolute Gasteiger partial charge is 0.222 e. The molecule has 7 nitrogen and oxygen atoms in total. The lowest BCUT2D eigenvalue weighted by molar-refractivity contribution is 0.352. The van der Waals surface area contributed by atoms with E-state index in [1.165, 1.54) is 5.56 Å². The van der Waals surface area contributed by atoms with Crippen molar-refractivity contribution in [2.75, 3.05) is 26.6 Å². The number of hydrogen-bond acceptors (Lipinski definition) is 6. The molecule has 140 valence electrons. The first-order chi connectivity index (χ1) is 13.2. The van der Waals surface area contributed by atoms with Crippen LogP contribution in [-0.4, -0.2) is 36.1 Å². The Morgan fingerprint density at radius 3 is 2.37 bits per heavy atom. The minimum Gasteiger partial charge on any atom is -0.497 e. The molecule has 27 heavy (non-hydrogen) atoms. The van der Waals surface area contributed by atoms with E-state index in [9.17, 15) is 0 Å². The molecule has 0 saturated carbocycles. The molecule has 2 aromatic carbocycles. The molecule has 2 heterocycles. The molecule has 0 radical (unpaired) electrons. The van der Waals surface area contributed by atoms with E-state index in [1.54, 1.807) is 27.7 Å². The fraction of sp³-hybridized carbons (Fsp3) is 0.300. The predicted octanol–water partition coefficient (Wildman–Crippen LogP) is 3.45. The Hall–Kier alpha value is -3.22. The molecule has 0 aliphatic carbocycles. The molecule has 0 fully saturated rings. The highest BCUT2D eigenvalue weighted by molar-refractivity contribution is 5.46. The highest BCUT2D eigenvalue weighted by Crippen LogP contribution is 2.40. The average Bonchev–Trinajstić information content (AvgIpc) is 3.21. The van der Waals surface area contributed by atoms with Gasteiger partial charge in [-0.1, -0.05) is 18.2 Å². The second-order valence-corrected chi connectivity index (χ2v) is 6.36. The van der Waals surface area contributed by atoms with Gasteiger partial charge in [-0.2, -0.15) is 10.1 Å². The van der Waals surface area contributed by atoms with Crippen molar-refractivity contribution in [1.82, 2.24) is 14.8 Å². The first kappa shape index (κ1) is 17.2. The summed E-state index contributed by atoms with van der Waals surface area (Å²) in [7, 11) is 4.95. The van der Waals surface area contributed by atoms with Crippen molar-refractivity contribution in [3.05, 3.63) is 59.9 Å². The fourth-order valence-electron chi connectivity index (χ4n) is 3.51. The first-order valence-electron chi connectivity index (χ1n) is 8.75. The van der Waals surface area contributed by atoms with Crippen molar-refractivity contribution in [3.8, 4) is 17.2 Å². The minimum atomic E-state index is 0.0376. The van der Waals surface area contributed by atoms with Crippen molar-refractivity contribution in [1.29, 1.82) is 0 Å². The molecule has 3 aromatic rings. The van der Waals surface area contributed by atoms with Gasteiger partial charge in [0.15, 0.2) is 11.5 Å². The van der Waals surface area contributed by atoms with Crippen LogP contribution in [0.3, 0.4) is 0 Å². The molecule has 1 aromatic heterocycles. The van der Waals surface area contributed by atoms with E-state index in [-0.39, 0.29) is 12.1 Å². The number of rotatable bonds is 5. The van der Waals surface area contributed by atoms with E-state index < -0.39 is 0 Å². The standard InChI is InChI=1S/C20H22N4O3/c1-25-15-7-4-13(5-8-15)16-11-17(24-20(23-16)21-12-22-24)14-6-9-18(26-2)19(10-14)27-3/h4-10,12,16-17H,11H2,1-3H3,(H,21,22,23)/t16-,17+/m1/s1. The van der Waals surface area contributed by atoms with Crippen molar-refractivity contribution in [2.24, 2.45) is 0 Å². The van der Waals surface area contributed by atoms with E-state index in [1.807, 2.05) is 35.0 Å². The topological polar surface area (TPSA) is 70.4 Å². The molecule has 0 spiro atoms. The van der Waals surface area contributed by atoms with Crippen LogP contribution >= 0.6 is 0 Å². The monoisotopic (exact) mass is 366 g/mol. The molecule has 1 aliphatic heterocycles. The highest BCUT2D eigenvalue weighted by Gasteiger charge is 2.30. The van der Waals surface area contributed by atoms with Gasteiger partial charge in [0.25, 0.3) is 0 Å². The summed E-state index contributed by atoms with van der Waals surface area (Å²) in [5, 5.41) is 7.89. The number of aromatic nitrogens is 3. The molecule has 2 atom stereocenters. The summed E-state index contributed by atoms with van der Waals surface area (Å²) >= 11 is 0. The third-order valence-corrected chi connectivity index (χ3v) is 4.94. The van der Waals surface area contributed by atoms with Crippen molar-refractivity contribution < 1.29 is 14.2 Å². The van der Waals surface area contributed by atoms with Gasteiger partial charge in [-0.3, -0.25) is 0 Å². The summed E-state index contributed by atoms with van der Waals surface area (Å²) in [6.45, 7) is 0. The Bertz CT molecular complexity index is 923. The molecular weight excluding hydrogens is 344 g/mol. The van der Waals surface area contributed by atoms with Crippen LogP contribution in [0.25, 0.3) is 0 Å². The number of anilines is 1. The van der Waals surface area contributed by atoms with Crippen LogP contribution < -0.4 is 19.5 Å². The van der Waals surface area contributed by atoms with E-state index in [4.69, 9.17) is 14.2 Å². The third-order valence-electron chi connectivity index (χ3n) is 4.94. The highest BCUT2D eigenvalue weighted by atomic mass is 16.5. The van der Waals surface area contributed by atoms with Crippen LogP contribution in [0.1, 0.15) is 29.6 Å². The molecule has 7 heteroatoms. The van der Waals surface area contributed by atoms with E-state index >= 15 is 0 Å². The molecular formula is C20H22N4O3. The zero-order chi connectivity index (χ0) is 18.8. The van der Waals surface area contributed by atoms with Gasteiger partial charge < -0.3 is 19.5 Å². The number of nitrogens with one attached hydrogen (secondary N) is 1. The van der Waals surface area contributed by atoms with Gasteiger partial charge in [0.05, 0.1) is 33.4 Å². The van der Waals surface area contributed by atoms with Gasteiger partial charge in [0, 0.05) is 0 Å². The van der Waals surface area contributed by atoms with E-state index in [0.717, 1.165) is 23.7 Å². The number of methoxy groups -OCH3 is 3. The zero-order valence-electron chi connectivity index (χ0n) is 15.5. The normalized spacial score (nSPS) is 18.3. The first-order valence-corrected chi connectivity index (χ1v) is 8.75. The molecule has 0 unspecified atom stereocenters. The van der Waals surface area contributed by atoms with Gasteiger partial charge >= 0.3 is 0 Å². The van der Waals surface area contributed by atoms with Crippen LogP contribution in [0, 0.1) is 0 Å². The van der Waals surface area contributed by atoms with Crippen LogP contribution in [0.5, 0.6) is 17.2 Å². The third kappa shape index (κ3) is 3.16. The second kappa shape index (κ2) is 7.19. The molecule has 0 bridgehead atoms. The van der Waals surface area contributed by atoms with Gasteiger partial charge in [0.1, 0.15) is 12.1 Å². The Morgan fingerprint density at radius 1 is 0.926 bits per heavy atom. The minimum absolute atomic E-state index is 0.0376. The summed E-state index contributed by atoms with van der Waals surface area (Å²) in [6.07, 6.45) is 2.41. The predicted molar refractivity (Wildman–Crippen MR) is 102 cm³/mol. The Labute approximate surface area is 157 Å². The van der Waals surface area contributed by atoms with Crippen molar-refractivity contribution in [2.45, 2.75) is 18.5 Å². The van der Waals surface area contributed by atoms with Crippen molar-refractivity contribution >= 4 is 5.95 Å². The van der Waals surface area contributed by atoms with Crippen LogP contribution in [0.15, 0.2) is 48.8 Å². The lowest BCUT2D eigenvalue weighted by atomic mass is 9.93. The van der Waals surface area contributed by atoms with Gasteiger partial charge in [0.2, 0.25) is 5.95 Å². The van der Waals surface area contributed by atoms with Crippen molar-refractivity contribution in [3.63, 3.8) is 0 Å². The number of ether oxygens (including phenoxy) is 3. The number of hydrogen-bond donors (Lipinski definition) is 1. The fourth-order valence-corrected chi connectivity index (χ4v) is 3.51. The summed E-state index contributed by atoms with van der Waals surface area (Å²) in [4.78, 5) is 4.38. The zero-order valence-corrected chi connectivity index (χ0v) is 15.5. The lowest BCUT2D eigenvalue weighted by Gasteiger charge is -2.32. The SMILES string of the molecule is COc1ccc([C@H]2C[C@@H](c3ccc(OC)c(OC)c3)n3ncnc3N2)cc1. The molecule has 1 aliphatic rings. The quantitative estimate of drug-likeness (QED) is 0.746. The number of fused-ring (bicyclic) bond motifs is 1. The molecule has 0 saturated heterocycles. The number of benzene rings is 2. The van der Waals surface area contributed by atoms with Gasteiger partial charge in [-0.15, -0.1) is 0 Å². The summed E-state index contributed by atoms with van der Waals surface area (Å²) in [6, 6.07) is 14.2. The van der Waals surface area contributed by atoms with Crippen LogP contribution in [0.4, 0.5) is 5.95 Å². The summed E-state index contributed by atoms with van der Waals surface area (Å²) in [5.41, 5.74) is 2.27. The summed E-state index contributed by atoms with van der Waals surface area (Å²) in [5.74, 6) is 3.01. The Morgan fingerprint density at radius 2 is 1.67 bits per heavy atom.